The number of carbonyl (C=O) groups is 1. The minimum absolute atomic E-state index is 0.0665. The monoisotopic (exact) mass is 374 g/mol. The van der Waals surface area contributed by atoms with E-state index in [2.05, 4.69) is 51.9 Å². The molecule has 2 aliphatic rings. The molecule has 5 rings (SSSR count). The zero-order chi connectivity index (χ0) is 18.9. The summed E-state index contributed by atoms with van der Waals surface area (Å²) in [5.74, 6) is 0.0756. The number of ether oxygens (including phenoxy) is 1. The normalized spacial score (nSPS) is 18.6. The number of amides is 1. The van der Waals surface area contributed by atoms with Gasteiger partial charge in [0.2, 0.25) is 0 Å². The molecule has 0 bridgehead atoms. The fraction of sp³-hybridized carbons (Fsp3) is 0.273. The maximum Gasteiger partial charge on any atom is 0.410 e. The van der Waals surface area contributed by atoms with Crippen LogP contribution in [0.4, 0.5) is 4.79 Å². The van der Waals surface area contributed by atoms with E-state index >= 15 is 0 Å². The van der Waals surface area contributed by atoms with E-state index < -0.39 is 0 Å². The summed E-state index contributed by atoms with van der Waals surface area (Å²) in [5, 5.41) is 10.2. The van der Waals surface area contributed by atoms with Crippen LogP contribution in [-0.4, -0.2) is 47.4 Å². The van der Waals surface area contributed by atoms with Crippen LogP contribution in [0.1, 0.15) is 28.7 Å². The highest BCUT2D eigenvalue weighted by Crippen LogP contribution is 2.44. The first-order chi connectivity index (χ1) is 13.8. The average Bonchev–Trinajstić information content (AvgIpc) is 3.39. The zero-order valence-corrected chi connectivity index (χ0v) is 15.5. The molecule has 1 amide bonds. The minimum Gasteiger partial charge on any atom is -0.448 e. The number of hydrogen-bond donors (Lipinski definition) is 2. The number of nitrogens with zero attached hydrogens (tertiary/aromatic N) is 2. The lowest BCUT2D eigenvalue weighted by atomic mass is 9.98. The van der Waals surface area contributed by atoms with Gasteiger partial charge in [0.25, 0.3) is 0 Å². The van der Waals surface area contributed by atoms with Gasteiger partial charge < -0.3 is 10.1 Å². The van der Waals surface area contributed by atoms with Crippen LogP contribution in [0.15, 0.2) is 60.9 Å². The lowest BCUT2D eigenvalue weighted by Crippen LogP contribution is -2.49. The standard InChI is InChI=1S/C22H22N4O2/c27-22(26-10-9-23-13-21(26)15-11-24-25-12-15)28-14-20-18-7-3-1-5-16(18)17-6-2-4-8-19(17)20/h1-8,11-12,20-21,23H,9-10,13-14H2,(H,24,25). The summed E-state index contributed by atoms with van der Waals surface area (Å²) >= 11 is 0. The Hall–Kier alpha value is -3.12. The number of aromatic nitrogens is 2. The van der Waals surface area contributed by atoms with Crippen molar-refractivity contribution in [3.05, 3.63) is 77.6 Å². The molecule has 1 aliphatic carbocycles. The van der Waals surface area contributed by atoms with Gasteiger partial charge in [0.05, 0.1) is 12.2 Å². The Morgan fingerprint density at radius 2 is 1.82 bits per heavy atom. The van der Waals surface area contributed by atoms with Gasteiger partial charge >= 0.3 is 6.09 Å². The number of nitrogens with one attached hydrogen (secondary N) is 2. The Labute approximate surface area is 163 Å². The van der Waals surface area contributed by atoms with Crippen molar-refractivity contribution < 1.29 is 9.53 Å². The van der Waals surface area contributed by atoms with Crippen LogP contribution in [0.3, 0.4) is 0 Å². The van der Waals surface area contributed by atoms with E-state index in [-0.39, 0.29) is 18.1 Å². The Morgan fingerprint density at radius 3 is 2.50 bits per heavy atom. The van der Waals surface area contributed by atoms with Crippen molar-refractivity contribution in [2.75, 3.05) is 26.2 Å². The predicted octanol–water partition coefficient (Wildman–Crippen LogP) is 3.31. The van der Waals surface area contributed by atoms with Crippen LogP contribution in [0.2, 0.25) is 0 Å². The van der Waals surface area contributed by atoms with Crippen molar-refractivity contribution in [2.24, 2.45) is 0 Å². The van der Waals surface area contributed by atoms with E-state index in [1.165, 1.54) is 22.3 Å². The number of aromatic amines is 1. The Balaban J connectivity index is 1.35. The number of H-pyrrole nitrogens is 1. The molecule has 2 N–H and O–H groups in total. The maximum atomic E-state index is 12.9. The van der Waals surface area contributed by atoms with Crippen molar-refractivity contribution in [3.63, 3.8) is 0 Å². The first-order valence-corrected chi connectivity index (χ1v) is 9.64. The third kappa shape index (κ3) is 2.86. The van der Waals surface area contributed by atoms with Crippen molar-refractivity contribution in [3.8, 4) is 11.1 Å². The van der Waals surface area contributed by atoms with Crippen LogP contribution in [0.25, 0.3) is 11.1 Å². The minimum atomic E-state index is -0.269. The van der Waals surface area contributed by atoms with Crippen LogP contribution in [-0.2, 0) is 4.74 Å². The molecule has 1 unspecified atom stereocenters. The van der Waals surface area contributed by atoms with Gasteiger partial charge in [0.15, 0.2) is 0 Å². The molecule has 6 heteroatoms. The first kappa shape index (κ1) is 17.0. The number of fused-ring (bicyclic) bond motifs is 3. The first-order valence-electron chi connectivity index (χ1n) is 9.64. The van der Waals surface area contributed by atoms with Crippen LogP contribution >= 0.6 is 0 Å². The van der Waals surface area contributed by atoms with E-state index in [0.717, 1.165) is 12.1 Å². The molecular weight excluding hydrogens is 352 g/mol. The second-order valence-electron chi connectivity index (χ2n) is 7.25. The van der Waals surface area contributed by atoms with E-state index in [9.17, 15) is 4.79 Å². The van der Waals surface area contributed by atoms with Gasteiger partial charge in [-0.1, -0.05) is 48.5 Å². The second kappa shape index (κ2) is 7.13. The quantitative estimate of drug-likeness (QED) is 0.738. The lowest BCUT2D eigenvalue weighted by Gasteiger charge is -2.35. The molecular formula is C22H22N4O2. The van der Waals surface area contributed by atoms with E-state index in [0.29, 0.717) is 19.7 Å². The molecule has 6 nitrogen and oxygen atoms in total. The number of rotatable bonds is 3. The van der Waals surface area contributed by atoms with Crippen molar-refractivity contribution in [1.82, 2.24) is 20.4 Å². The summed E-state index contributed by atoms with van der Waals surface area (Å²) in [4.78, 5) is 14.7. The number of piperazine rings is 1. The Morgan fingerprint density at radius 1 is 1.11 bits per heavy atom. The predicted molar refractivity (Wildman–Crippen MR) is 106 cm³/mol. The largest absolute Gasteiger partial charge is 0.448 e. The summed E-state index contributed by atoms with van der Waals surface area (Å²) in [7, 11) is 0. The van der Waals surface area contributed by atoms with Gasteiger partial charge in [0.1, 0.15) is 6.61 Å². The fourth-order valence-electron chi connectivity index (χ4n) is 4.34. The molecule has 28 heavy (non-hydrogen) atoms. The molecule has 2 aromatic carbocycles. The summed E-state index contributed by atoms with van der Waals surface area (Å²) in [5.41, 5.74) is 5.90. The number of hydrogen-bond acceptors (Lipinski definition) is 4. The molecule has 1 fully saturated rings. The highest BCUT2D eigenvalue weighted by molar-refractivity contribution is 5.79. The lowest BCUT2D eigenvalue weighted by molar-refractivity contribution is 0.0752. The summed E-state index contributed by atoms with van der Waals surface area (Å²) in [6, 6.07) is 16.7. The molecule has 1 saturated heterocycles. The third-order valence-electron chi connectivity index (χ3n) is 5.72. The topological polar surface area (TPSA) is 70.2 Å². The molecule has 0 radical (unpaired) electrons. The fourth-order valence-corrected chi connectivity index (χ4v) is 4.34. The van der Waals surface area contributed by atoms with E-state index in [4.69, 9.17) is 4.74 Å². The molecule has 1 aliphatic heterocycles. The van der Waals surface area contributed by atoms with Gasteiger partial charge in [-0.25, -0.2) is 4.79 Å². The van der Waals surface area contributed by atoms with Crippen LogP contribution in [0.5, 0.6) is 0 Å². The van der Waals surface area contributed by atoms with Gasteiger partial charge in [-0.15, -0.1) is 0 Å². The highest BCUT2D eigenvalue weighted by Gasteiger charge is 2.32. The Kier molecular flexibility index (Phi) is 4.33. The highest BCUT2D eigenvalue weighted by atomic mass is 16.6. The Bertz CT molecular complexity index is 940. The molecule has 1 aromatic heterocycles. The van der Waals surface area contributed by atoms with Crippen molar-refractivity contribution in [1.29, 1.82) is 0 Å². The van der Waals surface area contributed by atoms with Crippen molar-refractivity contribution >= 4 is 6.09 Å². The molecule has 2 heterocycles. The SMILES string of the molecule is O=C(OCC1c2ccccc2-c2ccccc21)N1CCNCC1c1cn[nH]c1. The molecule has 0 saturated carbocycles. The summed E-state index contributed by atoms with van der Waals surface area (Å²) in [6.45, 7) is 2.42. The number of carbonyl (C=O) groups excluding carboxylic acids is 1. The number of benzene rings is 2. The van der Waals surface area contributed by atoms with Gasteiger partial charge in [0, 0.05) is 37.3 Å². The van der Waals surface area contributed by atoms with Gasteiger partial charge in [-0.3, -0.25) is 10.00 Å². The van der Waals surface area contributed by atoms with Crippen LogP contribution < -0.4 is 5.32 Å². The van der Waals surface area contributed by atoms with Gasteiger partial charge in [-0.05, 0) is 22.3 Å². The smallest absolute Gasteiger partial charge is 0.410 e. The van der Waals surface area contributed by atoms with E-state index in [1.54, 1.807) is 11.1 Å². The second-order valence-corrected chi connectivity index (χ2v) is 7.25. The zero-order valence-electron chi connectivity index (χ0n) is 15.5. The van der Waals surface area contributed by atoms with Crippen LogP contribution in [0, 0.1) is 0 Å². The molecule has 0 spiro atoms. The average molecular weight is 374 g/mol. The van der Waals surface area contributed by atoms with Gasteiger partial charge in [-0.2, -0.15) is 5.10 Å². The maximum absolute atomic E-state index is 12.9. The summed E-state index contributed by atoms with van der Waals surface area (Å²) in [6.07, 6.45) is 3.33. The molecule has 1 atom stereocenters. The molecule has 3 aromatic rings. The third-order valence-corrected chi connectivity index (χ3v) is 5.72. The summed E-state index contributed by atoms with van der Waals surface area (Å²) < 4.78 is 5.84. The molecule has 142 valence electrons. The van der Waals surface area contributed by atoms with E-state index in [1.807, 2.05) is 18.3 Å². The van der Waals surface area contributed by atoms with Crippen molar-refractivity contribution in [2.45, 2.75) is 12.0 Å².